The molecule has 4 saturated carbocycles. The maximum atomic E-state index is 12.2. The van der Waals surface area contributed by atoms with Crippen molar-refractivity contribution >= 4 is 17.9 Å². The van der Waals surface area contributed by atoms with Crippen LogP contribution in [0.1, 0.15) is 79.6 Å². The highest BCUT2D eigenvalue weighted by Crippen LogP contribution is 2.72. The van der Waals surface area contributed by atoms with Crippen molar-refractivity contribution in [1.29, 1.82) is 0 Å². The summed E-state index contributed by atoms with van der Waals surface area (Å²) in [5.41, 5.74) is 0.685. The normalized spacial score (nSPS) is 44.8. The molecule has 6 heteroatoms. The van der Waals surface area contributed by atoms with Crippen LogP contribution in [0.2, 0.25) is 0 Å². The van der Waals surface area contributed by atoms with Gasteiger partial charge in [-0.3, -0.25) is 14.4 Å². The topological polar surface area (TPSA) is 78.9 Å². The third-order valence-corrected chi connectivity index (χ3v) is 9.62. The fourth-order valence-electron chi connectivity index (χ4n) is 8.46. The molecule has 0 aromatic rings. The Hall–Kier alpha value is -1.85. The van der Waals surface area contributed by atoms with E-state index in [9.17, 15) is 14.4 Å². The minimum Gasteiger partial charge on any atom is -0.465 e. The molecule has 0 radical (unpaired) electrons. The summed E-state index contributed by atoms with van der Waals surface area (Å²) in [7, 11) is 0. The van der Waals surface area contributed by atoms with Crippen LogP contribution in [-0.4, -0.2) is 36.7 Å². The molecule has 0 saturated heterocycles. The van der Waals surface area contributed by atoms with Gasteiger partial charge in [-0.15, -0.1) is 0 Å². The van der Waals surface area contributed by atoms with Gasteiger partial charge in [0.2, 0.25) is 0 Å². The lowest BCUT2D eigenvalue weighted by molar-refractivity contribution is -0.243. The smallest absolute Gasteiger partial charge is 0.302 e. The first-order valence-corrected chi connectivity index (χ1v) is 12.1. The predicted molar refractivity (Wildman–Crippen MR) is 118 cm³/mol. The van der Waals surface area contributed by atoms with Crippen LogP contribution in [0.3, 0.4) is 0 Å². The van der Waals surface area contributed by atoms with Crippen molar-refractivity contribution in [3.8, 4) is 0 Å². The van der Waals surface area contributed by atoms with Gasteiger partial charge < -0.3 is 14.2 Å². The summed E-state index contributed by atoms with van der Waals surface area (Å²) in [6, 6.07) is 0. The van der Waals surface area contributed by atoms with Crippen LogP contribution < -0.4 is 0 Å². The molecule has 8 atom stereocenters. The molecule has 4 aliphatic rings. The van der Waals surface area contributed by atoms with Gasteiger partial charge in [0.1, 0.15) is 18.8 Å². The minimum atomic E-state index is -0.545. The Kier molecular flexibility index (Phi) is 5.74. The summed E-state index contributed by atoms with van der Waals surface area (Å²) < 4.78 is 17.4. The average molecular weight is 447 g/mol. The maximum Gasteiger partial charge on any atom is 0.302 e. The van der Waals surface area contributed by atoms with E-state index in [2.05, 4.69) is 20.4 Å². The van der Waals surface area contributed by atoms with Crippen LogP contribution in [0.5, 0.6) is 0 Å². The summed E-state index contributed by atoms with van der Waals surface area (Å²) >= 11 is 0. The summed E-state index contributed by atoms with van der Waals surface area (Å²) in [4.78, 5) is 35.9. The van der Waals surface area contributed by atoms with Crippen molar-refractivity contribution in [3.05, 3.63) is 12.2 Å². The second-order valence-electron chi connectivity index (χ2n) is 11.4. The molecule has 32 heavy (non-hydrogen) atoms. The van der Waals surface area contributed by atoms with Gasteiger partial charge in [-0.2, -0.15) is 0 Å². The molecule has 178 valence electrons. The quantitative estimate of drug-likeness (QED) is 0.357. The number of carbonyl (C=O) groups is 3. The Morgan fingerprint density at radius 2 is 1.59 bits per heavy atom. The molecule has 0 heterocycles. The zero-order chi connectivity index (χ0) is 23.5. The van der Waals surface area contributed by atoms with Gasteiger partial charge in [-0.05, 0) is 68.1 Å². The van der Waals surface area contributed by atoms with E-state index in [-0.39, 0.29) is 53.5 Å². The van der Waals surface area contributed by atoms with Gasteiger partial charge in [-0.1, -0.05) is 26.0 Å². The number of allylic oxidation sites excluding steroid dienone is 1. The number of ether oxygens (including phenoxy) is 3. The number of hydrogen-bond acceptors (Lipinski definition) is 6. The van der Waals surface area contributed by atoms with Crippen molar-refractivity contribution in [2.75, 3.05) is 6.61 Å². The molecular formula is C26H38O6. The van der Waals surface area contributed by atoms with E-state index in [1.54, 1.807) is 0 Å². The number of rotatable bonds is 4. The van der Waals surface area contributed by atoms with Crippen LogP contribution in [-0.2, 0) is 28.6 Å². The molecule has 4 aliphatic carbocycles. The highest BCUT2D eigenvalue weighted by atomic mass is 16.6. The number of carbonyl (C=O) groups excluding carboxylic acids is 3. The van der Waals surface area contributed by atoms with Crippen molar-refractivity contribution in [1.82, 2.24) is 0 Å². The largest absolute Gasteiger partial charge is 0.465 e. The third-order valence-electron chi connectivity index (χ3n) is 9.62. The summed E-state index contributed by atoms with van der Waals surface area (Å²) in [5.74, 6) is 0.108. The highest BCUT2D eigenvalue weighted by molar-refractivity contribution is 5.67. The molecule has 4 rings (SSSR count). The Balaban J connectivity index is 1.78. The van der Waals surface area contributed by atoms with Crippen molar-refractivity contribution in [2.45, 2.75) is 91.8 Å². The third kappa shape index (κ3) is 3.49. The Morgan fingerprint density at radius 1 is 0.938 bits per heavy atom. The summed E-state index contributed by atoms with van der Waals surface area (Å²) in [6.45, 7) is 13.4. The number of fused-ring (bicyclic) bond motifs is 3. The molecule has 0 aromatic carbocycles. The zero-order valence-corrected chi connectivity index (χ0v) is 20.2. The van der Waals surface area contributed by atoms with E-state index in [4.69, 9.17) is 14.2 Å². The average Bonchev–Trinajstić information content (AvgIpc) is 2.94. The van der Waals surface area contributed by atoms with Crippen LogP contribution >= 0.6 is 0 Å². The fraction of sp³-hybridized carbons (Fsp3) is 0.808. The van der Waals surface area contributed by atoms with Gasteiger partial charge in [0, 0.05) is 31.6 Å². The second-order valence-corrected chi connectivity index (χ2v) is 11.4. The summed E-state index contributed by atoms with van der Waals surface area (Å²) in [5, 5.41) is 0. The first kappa shape index (κ1) is 23.3. The SMILES string of the molecule is C=C1CC23CC1CCC2C1(C)CCC(OC(C)=O)C(C)(COC(C)=O)C1CC3OC(C)=O. The van der Waals surface area contributed by atoms with Gasteiger partial charge in [-0.25, -0.2) is 0 Å². The Labute approximate surface area is 191 Å². The Bertz CT molecular complexity index is 834. The molecule has 6 nitrogen and oxygen atoms in total. The molecule has 1 spiro atoms. The standard InChI is InChI=1S/C26H38O6/c1-15-12-26-13-19(15)7-8-20(26)24(5)10-9-22(31-17(3)28)25(6,14-30-16(2)27)21(24)11-23(26)32-18(4)29/h19-23H,1,7-14H2,2-6H3. The Morgan fingerprint density at radius 3 is 2.22 bits per heavy atom. The van der Waals surface area contributed by atoms with Gasteiger partial charge in [0.25, 0.3) is 0 Å². The monoisotopic (exact) mass is 446 g/mol. The molecule has 0 aliphatic heterocycles. The molecule has 8 unspecified atom stereocenters. The maximum absolute atomic E-state index is 12.2. The van der Waals surface area contributed by atoms with E-state index in [1.807, 2.05) is 0 Å². The summed E-state index contributed by atoms with van der Waals surface area (Å²) in [6.07, 6.45) is 6.06. The minimum absolute atomic E-state index is 0.0161. The lowest BCUT2D eigenvalue weighted by Crippen LogP contribution is -2.65. The lowest BCUT2D eigenvalue weighted by Gasteiger charge is -2.66. The van der Waals surface area contributed by atoms with E-state index in [0.717, 1.165) is 38.5 Å². The zero-order valence-electron chi connectivity index (χ0n) is 20.2. The van der Waals surface area contributed by atoms with Crippen molar-refractivity contribution in [2.24, 2.45) is 34.0 Å². The van der Waals surface area contributed by atoms with Crippen LogP contribution in [0, 0.1) is 34.0 Å². The molecule has 0 N–H and O–H groups in total. The molecule has 4 fully saturated rings. The van der Waals surface area contributed by atoms with Crippen molar-refractivity contribution < 1.29 is 28.6 Å². The molecule has 2 bridgehead atoms. The lowest BCUT2D eigenvalue weighted by atomic mass is 9.40. The van der Waals surface area contributed by atoms with Crippen LogP contribution in [0.15, 0.2) is 12.2 Å². The van der Waals surface area contributed by atoms with Crippen LogP contribution in [0.4, 0.5) is 0 Å². The number of esters is 3. The predicted octanol–water partition coefficient (Wildman–Crippen LogP) is 4.60. The van der Waals surface area contributed by atoms with E-state index in [1.165, 1.54) is 26.3 Å². The second kappa shape index (κ2) is 7.88. The fourth-order valence-corrected chi connectivity index (χ4v) is 8.46. The first-order valence-electron chi connectivity index (χ1n) is 12.1. The molecule has 0 amide bonds. The molecule has 0 aromatic heterocycles. The van der Waals surface area contributed by atoms with Crippen molar-refractivity contribution in [3.63, 3.8) is 0 Å². The van der Waals surface area contributed by atoms with E-state index >= 15 is 0 Å². The van der Waals surface area contributed by atoms with E-state index < -0.39 is 5.41 Å². The first-order chi connectivity index (χ1) is 14.9. The highest BCUT2D eigenvalue weighted by Gasteiger charge is 2.69. The number of hydrogen-bond donors (Lipinski definition) is 0. The van der Waals surface area contributed by atoms with Gasteiger partial charge >= 0.3 is 17.9 Å². The molecular weight excluding hydrogens is 408 g/mol. The van der Waals surface area contributed by atoms with Crippen LogP contribution in [0.25, 0.3) is 0 Å². The van der Waals surface area contributed by atoms with Gasteiger partial charge in [0.15, 0.2) is 0 Å². The van der Waals surface area contributed by atoms with E-state index in [0.29, 0.717) is 18.3 Å². The van der Waals surface area contributed by atoms with Gasteiger partial charge in [0.05, 0.1) is 0 Å².